The smallest absolute Gasteiger partial charge is 0.198 e. The van der Waals surface area contributed by atoms with Crippen LogP contribution in [0.15, 0.2) is 0 Å². The first-order valence-electron chi connectivity index (χ1n) is 4.09. The maximum absolute atomic E-state index is 12.6. The third-order valence-electron chi connectivity index (χ3n) is 1.61. The molecule has 3 nitrogen and oxygen atoms in total. The van der Waals surface area contributed by atoms with Crippen molar-refractivity contribution in [3.63, 3.8) is 0 Å². The molecule has 20 heavy (non-hydrogen) atoms. The molecule has 0 N–H and O–H groups in total. The van der Waals surface area contributed by atoms with E-state index in [1.807, 2.05) is 0 Å². The quantitative estimate of drug-likeness (QED) is 0.439. The fourth-order valence-corrected chi connectivity index (χ4v) is 1.39. The van der Waals surface area contributed by atoms with Crippen LogP contribution < -0.4 is 0 Å². The molecular weight excluding hydrogens is 335 g/mol. The van der Waals surface area contributed by atoms with Crippen LogP contribution in [0.25, 0.3) is 0 Å². The molecule has 0 fully saturated rings. The second-order valence-electron chi connectivity index (χ2n) is 3.15. The SMILES string of the molecule is C#CCS(=O)(=O)OC(F)(F)C(F)(F)C(F)(F)C(F)(F)F. The van der Waals surface area contributed by atoms with Crippen LogP contribution >= 0.6 is 0 Å². The number of terminal acetylenes is 1. The van der Waals surface area contributed by atoms with Crippen molar-refractivity contribution in [3.8, 4) is 12.3 Å². The largest absolute Gasteiger partial charge is 0.460 e. The molecule has 0 amide bonds. The van der Waals surface area contributed by atoms with Crippen LogP contribution in [0.1, 0.15) is 0 Å². The zero-order valence-corrected chi connectivity index (χ0v) is 9.64. The van der Waals surface area contributed by atoms with Gasteiger partial charge >= 0.3 is 24.1 Å². The molecule has 0 unspecified atom stereocenters. The van der Waals surface area contributed by atoms with E-state index in [-0.39, 0.29) is 0 Å². The minimum absolute atomic E-state index is 1.15. The highest BCUT2D eigenvalue weighted by Gasteiger charge is 2.83. The molecule has 0 spiro atoms. The monoisotopic (exact) mass is 338 g/mol. The summed E-state index contributed by atoms with van der Waals surface area (Å²) in [6.07, 6.45) is -9.41. The van der Waals surface area contributed by atoms with Gasteiger partial charge in [0, 0.05) is 0 Å². The minimum atomic E-state index is -7.24. The Balaban J connectivity index is 5.67. The summed E-state index contributed by atoms with van der Waals surface area (Å²) in [6.45, 7) is 0. The summed E-state index contributed by atoms with van der Waals surface area (Å²) in [5.41, 5.74) is 0. The van der Waals surface area contributed by atoms with Gasteiger partial charge in [0.15, 0.2) is 0 Å². The van der Waals surface area contributed by atoms with E-state index in [9.17, 15) is 47.9 Å². The van der Waals surface area contributed by atoms with E-state index >= 15 is 0 Å². The minimum Gasteiger partial charge on any atom is -0.198 e. The van der Waals surface area contributed by atoms with Crippen LogP contribution in [0.5, 0.6) is 0 Å². The molecule has 0 aromatic carbocycles. The van der Waals surface area contributed by atoms with Gasteiger partial charge in [0.25, 0.3) is 10.1 Å². The molecule has 0 aliphatic carbocycles. The lowest BCUT2D eigenvalue weighted by Gasteiger charge is -2.32. The lowest BCUT2D eigenvalue weighted by atomic mass is 10.1. The Morgan fingerprint density at radius 1 is 0.900 bits per heavy atom. The van der Waals surface area contributed by atoms with E-state index in [1.54, 1.807) is 0 Å². The summed E-state index contributed by atoms with van der Waals surface area (Å²) in [4.78, 5) is 0. The van der Waals surface area contributed by atoms with E-state index in [0.29, 0.717) is 0 Å². The third kappa shape index (κ3) is 3.29. The summed E-state index contributed by atoms with van der Waals surface area (Å²) in [6, 6.07) is 0. The highest BCUT2D eigenvalue weighted by molar-refractivity contribution is 7.86. The fourth-order valence-electron chi connectivity index (χ4n) is 0.704. The van der Waals surface area contributed by atoms with Gasteiger partial charge in [-0.15, -0.1) is 6.42 Å². The molecule has 0 rings (SSSR count). The maximum atomic E-state index is 12.6. The predicted octanol–water partition coefficient (Wildman–Crippen LogP) is 2.39. The van der Waals surface area contributed by atoms with E-state index < -0.39 is 40.0 Å². The Morgan fingerprint density at radius 3 is 1.60 bits per heavy atom. The van der Waals surface area contributed by atoms with E-state index in [4.69, 9.17) is 0 Å². The van der Waals surface area contributed by atoms with Gasteiger partial charge in [-0.3, -0.25) is 0 Å². The Bertz CT molecular complexity index is 499. The van der Waals surface area contributed by atoms with Crippen LogP contribution in [0.3, 0.4) is 0 Å². The van der Waals surface area contributed by atoms with Crippen molar-refractivity contribution >= 4 is 10.1 Å². The van der Waals surface area contributed by atoms with E-state index in [0.717, 1.165) is 5.92 Å². The van der Waals surface area contributed by atoms with Gasteiger partial charge in [0.05, 0.1) is 0 Å². The molecule has 0 bridgehead atoms. The highest BCUT2D eigenvalue weighted by Crippen LogP contribution is 2.53. The first kappa shape index (κ1) is 18.8. The normalized spacial score (nSPS) is 15.0. The van der Waals surface area contributed by atoms with Gasteiger partial charge < -0.3 is 0 Å². The van der Waals surface area contributed by atoms with Gasteiger partial charge in [0.1, 0.15) is 5.75 Å². The summed E-state index contributed by atoms with van der Waals surface area (Å²) in [5, 5.41) is 0. The first-order chi connectivity index (χ1) is 8.52. The van der Waals surface area contributed by atoms with Gasteiger partial charge in [-0.05, 0) is 0 Å². The molecule has 0 saturated carbocycles. The maximum Gasteiger partial charge on any atom is 0.460 e. The molecule has 13 heteroatoms. The number of halogens is 9. The van der Waals surface area contributed by atoms with Gasteiger partial charge in [-0.2, -0.15) is 52.1 Å². The Morgan fingerprint density at radius 2 is 1.30 bits per heavy atom. The molecule has 0 saturated heterocycles. The molecule has 0 aliphatic rings. The third-order valence-corrected chi connectivity index (χ3v) is 2.59. The summed E-state index contributed by atoms with van der Waals surface area (Å²) >= 11 is 0. The van der Waals surface area contributed by atoms with Crippen LogP contribution in [-0.4, -0.2) is 38.3 Å². The highest BCUT2D eigenvalue weighted by atomic mass is 32.2. The fraction of sp³-hybridized carbons (Fsp3) is 0.714. The number of rotatable bonds is 5. The topological polar surface area (TPSA) is 43.4 Å². The van der Waals surface area contributed by atoms with Crippen molar-refractivity contribution in [1.29, 1.82) is 0 Å². The standard InChI is InChI=1S/C7H3F9O3S/c1-2-3-20(17,18)19-7(15,16)5(10,11)4(8,9)6(12,13)14/h1H,3H2. The number of hydrogen-bond acceptors (Lipinski definition) is 3. The predicted molar refractivity (Wildman–Crippen MR) is 44.6 cm³/mol. The Kier molecular flexibility index (Phi) is 4.70. The molecule has 0 radical (unpaired) electrons. The zero-order valence-electron chi connectivity index (χ0n) is 8.82. The molecule has 0 aliphatic heterocycles. The van der Waals surface area contributed by atoms with Crippen LogP contribution in [0.4, 0.5) is 39.5 Å². The average Bonchev–Trinajstić information content (AvgIpc) is 2.12. The number of hydrogen-bond donors (Lipinski definition) is 0. The molecule has 118 valence electrons. The van der Waals surface area contributed by atoms with Crippen LogP contribution in [-0.2, 0) is 14.3 Å². The van der Waals surface area contributed by atoms with Gasteiger partial charge in [0.2, 0.25) is 0 Å². The number of alkyl halides is 9. The first-order valence-corrected chi connectivity index (χ1v) is 5.66. The second kappa shape index (κ2) is 4.99. The summed E-state index contributed by atoms with van der Waals surface area (Å²) in [7, 11) is -5.65. The van der Waals surface area contributed by atoms with Crippen molar-refractivity contribution in [1.82, 2.24) is 0 Å². The van der Waals surface area contributed by atoms with Crippen molar-refractivity contribution < 1.29 is 52.1 Å². The lowest BCUT2D eigenvalue weighted by Crippen LogP contribution is -2.62. The van der Waals surface area contributed by atoms with Crippen LogP contribution in [0.2, 0.25) is 0 Å². The average molecular weight is 338 g/mol. The van der Waals surface area contributed by atoms with Gasteiger partial charge in [-0.25, -0.2) is 0 Å². The molecule has 0 aromatic heterocycles. The Hall–Kier alpha value is -1.16. The van der Waals surface area contributed by atoms with Crippen molar-refractivity contribution in [2.45, 2.75) is 24.1 Å². The second-order valence-corrected chi connectivity index (χ2v) is 4.72. The van der Waals surface area contributed by atoms with Crippen molar-refractivity contribution in [3.05, 3.63) is 0 Å². The molecular formula is C7H3F9O3S. The molecule has 0 atom stereocenters. The Labute approximate surface area is 105 Å². The van der Waals surface area contributed by atoms with Crippen molar-refractivity contribution in [2.24, 2.45) is 0 Å². The van der Waals surface area contributed by atoms with E-state index in [2.05, 4.69) is 10.6 Å². The van der Waals surface area contributed by atoms with Crippen LogP contribution in [0, 0.1) is 12.3 Å². The molecule has 0 heterocycles. The zero-order chi connectivity index (χ0) is 16.6. The summed E-state index contributed by atoms with van der Waals surface area (Å²) < 4.78 is 133. The lowest BCUT2D eigenvalue weighted by molar-refractivity contribution is -0.428. The molecule has 0 aromatic rings. The van der Waals surface area contributed by atoms with Gasteiger partial charge in [-0.1, -0.05) is 5.92 Å². The van der Waals surface area contributed by atoms with Crippen molar-refractivity contribution in [2.75, 3.05) is 5.75 Å². The van der Waals surface area contributed by atoms with E-state index in [1.165, 1.54) is 0 Å². The summed E-state index contributed by atoms with van der Waals surface area (Å²) in [5.74, 6) is -15.0.